The number of nitrogens with one attached hydrogen (secondary N) is 2. The zero-order valence-electron chi connectivity index (χ0n) is 15.0. The molecule has 0 aromatic heterocycles. The van der Waals surface area contributed by atoms with Crippen LogP contribution in [0.2, 0.25) is 0 Å². The maximum atomic E-state index is 12.3. The molecule has 2 aromatic rings. The van der Waals surface area contributed by atoms with Gasteiger partial charge in [-0.15, -0.1) is 0 Å². The molecule has 0 heterocycles. The van der Waals surface area contributed by atoms with Gasteiger partial charge in [0.05, 0.1) is 6.54 Å². The molecule has 0 unspecified atom stereocenters. The Hall–Kier alpha value is -3.00. The van der Waals surface area contributed by atoms with Crippen LogP contribution in [0.15, 0.2) is 48.5 Å². The van der Waals surface area contributed by atoms with Crippen molar-refractivity contribution in [2.24, 2.45) is 0 Å². The van der Waals surface area contributed by atoms with Gasteiger partial charge in [-0.05, 0) is 49.0 Å². The van der Waals surface area contributed by atoms with Gasteiger partial charge in [0.25, 0.3) is 5.91 Å². The standard InChI is InChI=1S/C19H21F2N3O3/c1-22-18(26)14-6-8-15(9-7-14)23-17(25)12-24(2)11-13-4-3-5-16(10-13)27-19(20)21/h3-10,19H,11-12H2,1-2H3,(H,22,26)(H,23,25). The highest BCUT2D eigenvalue weighted by Gasteiger charge is 2.10. The van der Waals surface area contributed by atoms with E-state index in [4.69, 9.17) is 0 Å². The van der Waals surface area contributed by atoms with Crippen molar-refractivity contribution in [2.75, 3.05) is 26.0 Å². The lowest BCUT2D eigenvalue weighted by Crippen LogP contribution is -2.29. The maximum absolute atomic E-state index is 12.3. The normalized spacial score (nSPS) is 10.7. The number of carbonyl (C=O) groups is 2. The molecule has 2 rings (SSSR count). The van der Waals surface area contributed by atoms with Gasteiger partial charge in [0.2, 0.25) is 5.91 Å². The minimum absolute atomic E-state index is 0.0801. The SMILES string of the molecule is CNC(=O)c1ccc(NC(=O)CN(C)Cc2cccc(OC(F)F)c2)cc1. The van der Waals surface area contributed by atoms with Crippen molar-refractivity contribution in [3.8, 4) is 5.75 Å². The van der Waals surface area contributed by atoms with Gasteiger partial charge in [-0.3, -0.25) is 14.5 Å². The van der Waals surface area contributed by atoms with E-state index in [2.05, 4.69) is 15.4 Å². The highest BCUT2D eigenvalue weighted by Crippen LogP contribution is 2.17. The van der Waals surface area contributed by atoms with Crippen LogP contribution in [-0.4, -0.2) is 44.0 Å². The lowest BCUT2D eigenvalue weighted by atomic mass is 10.2. The first-order valence-corrected chi connectivity index (χ1v) is 8.21. The number of nitrogens with zero attached hydrogens (tertiary/aromatic N) is 1. The Morgan fingerprint density at radius 1 is 1.15 bits per heavy atom. The summed E-state index contributed by atoms with van der Waals surface area (Å²) in [6.07, 6.45) is 0. The minimum atomic E-state index is -2.88. The summed E-state index contributed by atoms with van der Waals surface area (Å²) in [4.78, 5) is 25.4. The maximum Gasteiger partial charge on any atom is 0.387 e. The van der Waals surface area contributed by atoms with Crippen LogP contribution in [0, 0.1) is 0 Å². The van der Waals surface area contributed by atoms with Crippen LogP contribution >= 0.6 is 0 Å². The highest BCUT2D eigenvalue weighted by molar-refractivity contribution is 5.96. The van der Waals surface area contributed by atoms with Gasteiger partial charge in [0.15, 0.2) is 0 Å². The second kappa shape index (κ2) is 9.63. The zero-order valence-corrected chi connectivity index (χ0v) is 15.0. The summed E-state index contributed by atoms with van der Waals surface area (Å²) in [7, 11) is 3.29. The van der Waals surface area contributed by atoms with E-state index in [9.17, 15) is 18.4 Å². The second-order valence-electron chi connectivity index (χ2n) is 5.90. The third kappa shape index (κ3) is 6.67. The first-order chi connectivity index (χ1) is 12.9. The summed E-state index contributed by atoms with van der Waals surface area (Å²) >= 11 is 0. The van der Waals surface area contributed by atoms with Gasteiger partial charge < -0.3 is 15.4 Å². The molecule has 2 N–H and O–H groups in total. The predicted molar refractivity (Wildman–Crippen MR) is 97.9 cm³/mol. The van der Waals surface area contributed by atoms with Gasteiger partial charge in [-0.25, -0.2) is 0 Å². The first kappa shape index (κ1) is 20.3. The van der Waals surface area contributed by atoms with Crippen LogP contribution in [0.1, 0.15) is 15.9 Å². The largest absolute Gasteiger partial charge is 0.435 e. The van der Waals surface area contributed by atoms with Crippen molar-refractivity contribution in [1.29, 1.82) is 0 Å². The van der Waals surface area contributed by atoms with Crippen molar-refractivity contribution in [2.45, 2.75) is 13.2 Å². The Morgan fingerprint density at radius 3 is 2.48 bits per heavy atom. The first-order valence-electron chi connectivity index (χ1n) is 8.21. The van der Waals surface area contributed by atoms with E-state index >= 15 is 0 Å². The Kier molecular flexibility index (Phi) is 7.25. The number of amides is 2. The molecule has 6 nitrogen and oxygen atoms in total. The molecule has 0 saturated carbocycles. The molecule has 0 aliphatic rings. The zero-order chi connectivity index (χ0) is 19.8. The van der Waals surface area contributed by atoms with Crippen molar-refractivity contribution in [1.82, 2.24) is 10.2 Å². The number of hydrogen-bond donors (Lipinski definition) is 2. The Bertz CT molecular complexity index is 782. The lowest BCUT2D eigenvalue weighted by molar-refractivity contribution is -0.117. The number of halogens is 2. The predicted octanol–water partition coefficient (Wildman–Crippen LogP) is 2.72. The number of rotatable bonds is 8. The van der Waals surface area contributed by atoms with Gasteiger partial charge in [-0.2, -0.15) is 8.78 Å². The smallest absolute Gasteiger partial charge is 0.387 e. The summed E-state index contributed by atoms with van der Waals surface area (Å²) in [5, 5.41) is 5.27. The Labute approximate surface area is 156 Å². The quantitative estimate of drug-likeness (QED) is 0.742. The molecule has 0 aliphatic carbocycles. The number of ether oxygens (including phenoxy) is 1. The molecule has 144 valence electrons. The van der Waals surface area contributed by atoms with E-state index in [1.807, 2.05) is 0 Å². The minimum Gasteiger partial charge on any atom is -0.435 e. The summed E-state index contributed by atoms with van der Waals surface area (Å²) in [5.74, 6) is -0.354. The number of likely N-dealkylation sites (N-methyl/N-ethyl adjacent to an activating group) is 1. The van der Waals surface area contributed by atoms with Crippen molar-refractivity contribution in [3.63, 3.8) is 0 Å². The molecule has 0 fully saturated rings. The number of carbonyl (C=O) groups excluding carboxylic acids is 2. The van der Waals surface area contributed by atoms with E-state index in [-0.39, 0.29) is 24.1 Å². The fourth-order valence-corrected chi connectivity index (χ4v) is 2.48. The van der Waals surface area contributed by atoms with Gasteiger partial charge in [-0.1, -0.05) is 12.1 Å². The molecule has 2 amide bonds. The summed E-state index contributed by atoms with van der Waals surface area (Å²) in [5.41, 5.74) is 1.82. The summed E-state index contributed by atoms with van der Waals surface area (Å²) in [6.45, 7) is -2.38. The van der Waals surface area contributed by atoms with Crippen molar-refractivity contribution >= 4 is 17.5 Å². The van der Waals surface area contributed by atoms with Gasteiger partial charge in [0, 0.05) is 24.8 Å². The molecule has 0 saturated heterocycles. The second-order valence-corrected chi connectivity index (χ2v) is 5.90. The van der Waals surface area contributed by atoms with Crippen LogP contribution < -0.4 is 15.4 Å². The van der Waals surface area contributed by atoms with Crippen LogP contribution in [0.4, 0.5) is 14.5 Å². The van der Waals surface area contributed by atoms with E-state index in [0.29, 0.717) is 17.8 Å². The molecule has 0 spiro atoms. The molecule has 2 aromatic carbocycles. The Balaban J connectivity index is 1.87. The molecule has 0 bridgehead atoms. The summed E-state index contributed by atoms with van der Waals surface area (Å²) < 4.78 is 28.9. The number of anilines is 1. The van der Waals surface area contributed by atoms with Crippen LogP contribution in [0.25, 0.3) is 0 Å². The van der Waals surface area contributed by atoms with Gasteiger partial charge in [0.1, 0.15) is 5.75 Å². The average molecular weight is 377 g/mol. The highest BCUT2D eigenvalue weighted by atomic mass is 19.3. The number of hydrogen-bond acceptors (Lipinski definition) is 4. The molecular formula is C19H21F2N3O3. The lowest BCUT2D eigenvalue weighted by Gasteiger charge is -2.17. The third-order valence-corrected chi connectivity index (χ3v) is 3.65. The monoisotopic (exact) mass is 377 g/mol. The van der Waals surface area contributed by atoms with Crippen molar-refractivity contribution < 1.29 is 23.1 Å². The van der Waals surface area contributed by atoms with E-state index in [1.165, 1.54) is 12.1 Å². The third-order valence-electron chi connectivity index (χ3n) is 3.65. The molecule has 8 heteroatoms. The number of benzene rings is 2. The molecule has 27 heavy (non-hydrogen) atoms. The summed E-state index contributed by atoms with van der Waals surface area (Å²) in [6, 6.07) is 12.9. The molecule has 0 radical (unpaired) electrons. The van der Waals surface area contributed by atoms with E-state index in [1.54, 1.807) is 55.4 Å². The average Bonchev–Trinajstić information content (AvgIpc) is 2.61. The van der Waals surface area contributed by atoms with Crippen LogP contribution in [-0.2, 0) is 11.3 Å². The topological polar surface area (TPSA) is 70.7 Å². The fourth-order valence-electron chi connectivity index (χ4n) is 2.48. The molecular weight excluding hydrogens is 356 g/mol. The van der Waals surface area contributed by atoms with E-state index < -0.39 is 6.61 Å². The van der Waals surface area contributed by atoms with E-state index in [0.717, 1.165) is 5.56 Å². The molecule has 0 atom stereocenters. The Morgan fingerprint density at radius 2 is 1.85 bits per heavy atom. The van der Waals surface area contributed by atoms with Crippen LogP contribution in [0.3, 0.4) is 0 Å². The molecule has 0 aliphatic heterocycles. The van der Waals surface area contributed by atoms with Crippen LogP contribution in [0.5, 0.6) is 5.75 Å². The van der Waals surface area contributed by atoms with Crippen molar-refractivity contribution in [3.05, 3.63) is 59.7 Å². The number of alkyl halides is 2. The van der Waals surface area contributed by atoms with Gasteiger partial charge >= 0.3 is 6.61 Å². The fraction of sp³-hybridized carbons (Fsp3) is 0.263.